The Morgan fingerprint density at radius 1 is 1.10 bits per heavy atom. The number of hydrogen-bond acceptors (Lipinski definition) is 3. The van der Waals surface area contributed by atoms with E-state index in [2.05, 4.69) is 45.1 Å². The molecular formula is C26H46NO3+. The number of methoxy groups -OCH3 is 1. The normalized spacial score (nSPS) is 19.8. The molecule has 1 aliphatic rings. The summed E-state index contributed by atoms with van der Waals surface area (Å²) in [6.45, 7) is 16.3. The van der Waals surface area contributed by atoms with E-state index < -0.39 is 0 Å². The average Bonchev–Trinajstić information content (AvgIpc) is 2.66. The molecule has 0 aliphatic carbocycles. The SMILES string of the molecule is COc1cc(C[NH2+]CC[C@@H](CCC(C)C)[C@H]2CCOC(C)(C)C2)ccc1OC(C)C. The summed E-state index contributed by atoms with van der Waals surface area (Å²) in [5.41, 5.74) is 1.33. The monoisotopic (exact) mass is 420 g/mol. The standard InChI is InChI=1S/C26H45NO3/c1-19(2)8-10-22(23-13-15-29-26(5,6)17-23)12-14-27-18-21-9-11-24(30-20(3)4)25(16-21)28-7/h9,11,16,19-20,22-23,27H,8,10,12-15,17-18H2,1-7H3/p+1/t22-,23+/m1/s1. The van der Waals surface area contributed by atoms with Crippen molar-refractivity contribution >= 4 is 0 Å². The highest BCUT2D eigenvalue weighted by atomic mass is 16.5. The molecule has 1 saturated heterocycles. The summed E-state index contributed by atoms with van der Waals surface area (Å²) in [6, 6.07) is 6.32. The van der Waals surface area contributed by atoms with Crippen molar-refractivity contribution in [3.05, 3.63) is 23.8 Å². The molecule has 2 N–H and O–H groups in total. The number of nitrogens with two attached hydrogens (primary N) is 1. The van der Waals surface area contributed by atoms with E-state index in [1.165, 1.54) is 44.2 Å². The molecule has 0 bridgehead atoms. The molecule has 2 atom stereocenters. The van der Waals surface area contributed by atoms with Crippen molar-refractivity contribution in [3.8, 4) is 11.5 Å². The molecule has 1 aromatic rings. The maximum Gasteiger partial charge on any atom is 0.161 e. The van der Waals surface area contributed by atoms with Crippen molar-refractivity contribution in [1.29, 1.82) is 0 Å². The van der Waals surface area contributed by atoms with Crippen LogP contribution >= 0.6 is 0 Å². The molecule has 4 heteroatoms. The first-order valence-corrected chi connectivity index (χ1v) is 12.0. The number of quaternary nitrogens is 1. The van der Waals surface area contributed by atoms with Gasteiger partial charge in [0.15, 0.2) is 11.5 Å². The maximum absolute atomic E-state index is 5.98. The van der Waals surface area contributed by atoms with Gasteiger partial charge in [-0.2, -0.15) is 0 Å². The number of benzene rings is 1. The van der Waals surface area contributed by atoms with Gasteiger partial charge in [-0.3, -0.25) is 0 Å². The molecule has 4 nitrogen and oxygen atoms in total. The van der Waals surface area contributed by atoms with Gasteiger partial charge < -0.3 is 19.5 Å². The van der Waals surface area contributed by atoms with Crippen LogP contribution in [-0.2, 0) is 11.3 Å². The van der Waals surface area contributed by atoms with Crippen LogP contribution in [-0.4, -0.2) is 32.0 Å². The van der Waals surface area contributed by atoms with Crippen LogP contribution in [0.4, 0.5) is 0 Å². The van der Waals surface area contributed by atoms with Gasteiger partial charge in [0.05, 0.1) is 25.4 Å². The summed E-state index contributed by atoms with van der Waals surface area (Å²) in [7, 11) is 1.71. The lowest BCUT2D eigenvalue weighted by Gasteiger charge is -2.39. The fourth-order valence-corrected chi connectivity index (χ4v) is 4.64. The summed E-state index contributed by atoms with van der Waals surface area (Å²) in [6.07, 6.45) is 6.54. The van der Waals surface area contributed by atoms with Crippen LogP contribution in [0.1, 0.15) is 79.2 Å². The van der Waals surface area contributed by atoms with Crippen molar-refractivity contribution in [2.24, 2.45) is 17.8 Å². The lowest BCUT2D eigenvalue weighted by Crippen LogP contribution is -2.82. The van der Waals surface area contributed by atoms with Gasteiger partial charge in [0.2, 0.25) is 0 Å². The Hall–Kier alpha value is -1.26. The summed E-state index contributed by atoms with van der Waals surface area (Å²) in [5, 5.41) is 2.45. The van der Waals surface area contributed by atoms with E-state index in [9.17, 15) is 0 Å². The molecule has 0 amide bonds. The van der Waals surface area contributed by atoms with E-state index >= 15 is 0 Å². The van der Waals surface area contributed by atoms with Gasteiger partial charge in [-0.15, -0.1) is 0 Å². The Morgan fingerprint density at radius 2 is 1.87 bits per heavy atom. The minimum absolute atomic E-state index is 0.0407. The van der Waals surface area contributed by atoms with Crippen molar-refractivity contribution in [3.63, 3.8) is 0 Å². The van der Waals surface area contributed by atoms with Gasteiger partial charge in [-0.05, 0) is 89.3 Å². The predicted molar refractivity (Wildman–Crippen MR) is 124 cm³/mol. The molecule has 2 rings (SSSR count). The van der Waals surface area contributed by atoms with E-state index in [1.807, 2.05) is 19.9 Å². The zero-order chi connectivity index (χ0) is 22.1. The van der Waals surface area contributed by atoms with E-state index in [4.69, 9.17) is 14.2 Å². The molecule has 1 aromatic carbocycles. The molecule has 0 spiro atoms. The van der Waals surface area contributed by atoms with Gasteiger partial charge >= 0.3 is 0 Å². The number of rotatable bonds is 12. The maximum atomic E-state index is 5.98. The van der Waals surface area contributed by atoms with Crippen LogP contribution in [0.25, 0.3) is 0 Å². The third-order valence-electron chi connectivity index (χ3n) is 6.23. The van der Waals surface area contributed by atoms with Crippen molar-refractivity contribution in [1.82, 2.24) is 0 Å². The molecule has 172 valence electrons. The van der Waals surface area contributed by atoms with Gasteiger partial charge in [0, 0.05) is 12.2 Å². The number of ether oxygens (including phenoxy) is 3. The van der Waals surface area contributed by atoms with E-state index in [0.29, 0.717) is 0 Å². The van der Waals surface area contributed by atoms with Gasteiger partial charge in [-0.25, -0.2) is 0 Å². The van der Waals surface area contributed by atoms with Crippen LogP contribution in [0.5, 0.6) is 11.5 Å². The second-order valence-electron chi connectivity index (χ2n) is 10.3. The first-order valence-electron chi connectivity index (χ1n) is 12.0. The lowest BCUT2D eigenvalue weighted by atomic mass is 9.75. The molecule has 1 fully saturated rings. The van der Waals surface area contributed by atoms with Gasteiger partial charge in [-0.1, -0.05) is 20.3 Å². The van der Waals surface area contributed by atoms with Crippen LogP contribution in [0, 0.1) is 17.8 Å². The lowest BCUT2D eigenvalue weighted by molar-refractivity contribution is -0.671. The first kappa shape index (κ1) is 25.0. The Labute approximate surface area is 185 Å². The molecule has 30 heavy (non-hydrogen) atoms. The first-order chi connectivity index (χ1) is 14.2. The summed E-state index contributed by atoms with van der Waals surface area (Å²) in [4.78, 5) is 0. The third kappa shape index (κ3) is 8.47. The summed E-state index contributed by atoms with van der Waals surface area (Å²) < 4.78 is 17.3. The molecule has 0 radical (unpaired) electrons. The topological polar surface area (TPSA) is 44.3 Å². The molecular weight excluding hydrogens is 374 g/mol. The van der Waals surface area contributed by atoms with E-state index in [-0.39, 0.29) is 11.7 Å². The van der Waals surface area contributed by atoms with Crippen molar-refractivity contribution in [2.45, 2.75) is 91.9 Å². The Bertz CT molecular complexity index is 627. The molecule has 1 aliphatic heterocycles. The zero-order valence-corrected chi connectivity index (χ0v) is 20.5. The highest BCUT2D eigenvalue weighted by Gasteiger charge is 2.33. The van der Waals surface area contributed by atoms with Crippen LogP contribution < -0.4 is 14.8 Å². The molecule has 0 aromatic heterocycles. The highest BCUT2D eigenvalue weighted by molar-refractivity contribution is 5.42. The van der Waals surface area contributed by atoms with Crippen LogP contribution in [0.15, 0.2) is 18.2 Å². The van der Waals surface area contributed by atoms with Gasteiger partial charge in [0.1, 0.15) is 6.54 Å². The second kappa shape index (κ2) is 12.0. The third-order valence-corrected chi connectivity index (χ3v) is 6.23. The fourth-order valence-electron chi connectivity index (χ4n) is 4.64. The minimum atomic E-state index is 0.0407. The average molecular weight is 421 g/mol. The zero-order valence-electron chi connectivity index (χ0n) is 20.5. The molecule has 0 unspecified atom stereocenters. The van der Waals surface area contributed by atoms with E-state index in [0.717, 1.165) is 42.4 Å². The predicted octanol–water partition coefficient (Wildman–Crippen LogP) is 5.19. The number of hydrogen-bond donors (Lipinski definition) is 1. The smallest absolute Gasteiger partial charge is 0.161 e. The fraction of sp³-hybridized carbons (Fsp3) is 0.769. The highest BCUT2D eigenvalue weighted by Crippen LogP contribution is 2.37. The minimum Gasteiger partial charge on any atom is -0.493 e. The Balaban J connectivity index is 1.88. The van der Waals surface area contributed by atoms with Crippen molar-refractivity contribution < 1.29 is 19.5 Å². The van der Waals surface area contributed by atoms with Crippen LogP contribution in [0.3, 0.4) is 0 Å². The van der Waals surface area contributed by atoms with E-state index in [1.54, 1.807) is 7.11 Å². The Kier molecular flexibility index (Phi) is 9.96. The summed E-state index contributed by atoms with van der Waals surface area (Å²) >= 11 is 0. The molecule has 0 saturated carbocycles. The van der Waals surface area contributed by atoms with Crippen molar-refractivity contribution in [2.75, 3.05) is 20.3 Å². The second-order valence-corrected chi connectivity index (χ2v) is 10.3. The summed E-state index contributed by atoms with van der Waals surface area (Å²) in [5.74, 6) is 4.04. The largest absolute Gasteiger partial charge is 0.493 e. The van der Waals surface area contributed by atoms with Gasteiger partial charge in [0.25, 0.3) is 0 Å². The molecule has 1 heterocycles. The quantitative estimate of drug-likeness (QED) is 0.473. The Morgan fingerprint density at radius 3 is 2.50 bits per heavy atom. The van der Waals surface area contributed by atoms with Crippen LogP contribution in [0.2, 0.25) is 0 Å².